The molecule has 0 saturated carbocycles. The van der Waals surface area contributed by atoms with Gasteiger partial charge in [-0.15, -0.1) is 0 Å². The maximum absolute atomic E-state index is 6.09. The Balaban J connectivity index is 2.95. The van der Waals surface area contributed by atoms with Crippen molar-refractivity contribution in [3.63, 3.8) is 0 Å². The highest BCUT2D eigenvalue weighted by molar-refractivity contribution is 8.13. The van der Waals surface area contributed by atoms with E-state index in [1.807, 2.05) is 13.2 Å². The van der Waals surface area contributed by atoms with Crippen LogP contribution in [-0.2, 0) is 0 Å². The summed E-state index contributed by atoms with van der Waals surface area (Å²) in [5.74, 6) is 7.82. The zero-order valence-corrected chi connectivity index (χ0v) is 12.1. The normalized spacial score (nSPS) is 22.5. The van der Waals surface area contributed by atoms with E-state index in [1.54, 1.807) is 16.8 Å². The van der Waals surface area contributed by atoms with E-state index in [0.29, 0.717) is 11.8 Å². The Morgan fingerprint density at radius 3 is 2.59 bits per heavy atom. The molecule has 3 N–H and O–H groups in total. The van der Waals surface area contributed by atoms with E-state index in [2.05, 4.69) is 36.1 Å². The van der Waals surface area contributed by atoms with Crippen molar-refractivity contribution < 1.29 is 0 Å². The van der Waals surface area contributed by atoms with E-state index in [4.69, 9.17) is 5.84 Å². The van der Waals surface area contributed by atoms with Crippen molar-refractivity contribution in [3.8, 4) is 0 Å². The van der Waals surface area contributed by atoms with Crippen molar-refractivity contribution in [2.75, 3.05) is 12.8 Å². The van der Waals surface area contributed by atoms with Crippen LogP contribution in [0.3, 0.4) is 0 Å². The molecule has 0 aromatic heterocycles. The second kappa shape index (κ2) is 6.37. The number of hydrazine groups is 1. The fourth-order valence-corrected chi connectivity index (χ4v) is 1.93. The van der Waals surface area contributed by atoms with Gasteiger partial charge in [0.2, 0.25) is 0 Å². The van der Waals surface area contributed by atoms with Crippen LogP contribution in [0, 0.1) is 11.8 Å². The molecule has 5 nitrogen and oxygen atoms in total. The lowest BCUT2D eigenvalue weighted by Gasteiger charge is -2.34. The number of hydrogen-bond donors (Lipinski definition) is 2. The number of thioether (sulfide) groups is 1. The summed E-state index contributed by atoms with van der Waals surface area (Å²) >= 11 is 1.55. The first-order valence-electron chi connectivity index (χ1n) is 5.98. The number of aliphatic imine (C=N–C) groups is 2. The first kappa shape index (κ1) is 14.5. The SMILES string of the molecule is CCNC1N=C(SC)N=C(C(C)C(C)C)N1N. The average molecular weight is 257 g/mol. The lowest BCUT2D eigenvalue weighted by molar-refractivity contribution is 0.259. The maximum Gasteiger partial charge on any atom is 0.193 e. The third kappa shape index (κ3) is 3.43. The molecule has 1 aliphatic heterocycles. The second-order valence-corrected chi connectivity index (χ2v) is 5.23. The summed E-state index contributed by atoms with van der Waals surface area (Å²) in [6.45, 7) is 9.36. The number of hydrogen-bond acceptors (Lipinski definition) is 6. The Morgan fingerprint density at radius 1 is 1.47 bits per heavy atom. The maximum atomic E-state index is 6.09. The first-order valence-corrected chi connectivity index (χ1v) is 7.21. The van der Waals surface area contributed by atoms with Crippen LogP contribution in [0.25, 0.3) is 0 Å². The Bertz CT molecular complexity index is 313. The molecule has 6 heteroatoms. The van der Waals surface area contributed by atoms with Crippen LogP contribution in [0.4, 0.5) is 0 Å². The summed E-state index contributed by atoms with van der Waals surface area (Å²) in [6, 6.07) is 0. The lowest BCUT2D eigenvalue weighted by atomic mass is 9.96. The van der Waals surface area contributed by atoms with Crippen molar-refractivity contribution in [2.45, 2.75) is 34.0 Å². The summed E-state index contributed by atoms with van der Waals surface area (Å²) in [7, 11) is 0. The number of nitrogens with one attached hydrogen (secondary N) is 1. The van der Waals surface area contributed by atoms with Crippen molar-refractivity contribution in [2.24, 2.45) is 27.7 Å². The van der Waals surface area contributed by atoms with Crippen LogP contribution in [0.2, 0.25) is 0 Å². The van der Waals surface area contributed by atoms with Crippen molar-refractivity contribution in [1.29, 1.82) is 0 Å². The predicted molar refractivity (Wildman–Crippen MR) is 75.9 cm³/mol. The van der Waals surface area contributed by atoms with Crippen LogP contribution in [0.5, 0.6) is 0 Å². The minimum absolute atomic E-state index is 0.198. The van der Waals surface area contributed by atoms with E-state index in [1.165, 1.54) is 0 Å². The monoisotopic (exact) mass is 257 g/mol. The summed E-state index contributed by atoms with van der Waals surface area (Å²) in [5.41, 5.74) is 0. The van der Waals surface area contributed by atoms with Gasteiger partial charge in [0, 0.05) is 5.92 Å². The smallest absolute Gasteiger partial charge is 0.193 e. The zero-order valence-electron chi connectivity index (χ0n) is 11.3. The van der Waals surface area contributed by atoms with Crippen LogP contribution in [0.15, 0.2) is 9.98 Å². The number of nitrogens with zero attached hydrogens (tertiary/aromatic N) is 3. The van der Waals surface area contributed by atoms with Gasteiger partial charge in [0.1, 0.15) is 5.84 Å². The molecule has 0 saturated heterocycles. The zero-order chi connectivity index (χ0) is 13.0. The Morgan fingerprint density at radius 2 is 2.12 bits per heavy atom. The van der Waals surface area contributed by atoms with Gasteiger partial charge in [-0.1, -0.05) is 39.5 Å². The van der Waals surface area contributed by atoms with Gasteiger partial charge in [-0.3, -0.25) is 10.3 Å². The fourth-order valence-electron chi connectivity index (χ4n) is 1.54. The average Bonchev–Trinajstić information content (AvgIpc) is 2.31. The second-order valence-electron chi connectivity index (χ2n) is 4.46. The first-order chi connectivity index (χ1) is 8.01. The van der Waals surface area contributed by atoms with Gasteiger partial charge >= 0.3 is 0 Å². The van der Waals surface area contributed by atoms with Gasteiger partial charge in [0.25, 0.3) is 0 Å². The number of amidine groups is 2. The van der Waals surface area contributed by atoms with Gasteiger partial charge in [-0.05, 0) is 18.7 Å². The molecule has 2 atom stereocenters. The van der Waals surface area contributed by atoms with Gasteiger partial charge in [0.15, 0.2) is 11.5 Å². The molecular weight excluding hydrogens is 234 g/mol. The van der Waals surface area contributed by atoms with E-state index >= 15 is 0 Å². The summed E-state index contributed by atoms with van der Waals surface area (Å²) < 4.78 is 0. The quantitative estimate of drug-likeness (QED) is 0.749. The third-order valence-corrected chi connectivity index (χ3v) is 3.51. The van der Waals surface area contributed by atoms with E-state index < -0.39 is 0 Å². The highest BCUT2D eigenvalue weighted by Gasteiger charge is 2.28. The van der Waals surface area contributed by atoms with Gasteiger partial charge in [-0.25, -0.2) is 15.8 Å². The molecule has 0 amide bonds. The molecule has 0 aliphatic carbocycles. The fraction of sp³-hybridized carbons (Fsp3) is 0.818. The molecule has 98 valence electrons. The predicted octanol–water partition coefficient (Wildman–Crippen LogP) is 1.48. The summed E-state index contributed by atoms with van der Waals surface area (Å²) in [6.07, 6.45) is 1.78. The van der Waals surface area contributed by atoms with Crippen LogP contribution in [-0.4, -0.2) is 35.1 Å². The molecule has 0 fully saturated rings. The molecule has 0 bridgehead atoms. The number of nitrogens with two attached hydrogens (primary N) is 1. The molecule has 1 rings (SSSR count). The van der Waals surface area contributed by atoms with Gasteiger partial charge in [-0.2, -0.15) is 0 Å². The standard InChI is InChI=1S/C11H23N5S/c1-6-13-10-15-11(17-5)14-9(16(10)12)8(4)7(2)3/h7-8,10,13H,6,12H2,1-5H3. The molecule has 0 aromatic rings. The highest BCUT2D eigenvalue weighted by atomic mass is 32.2. The van der Waals surface area contributed by atoms with E-state index in [9.17, 15) is 0 Å². The number of rotatable bonds is 4. The molecule has 0 radical (unpaired) electrons. The largest absolute Gasteiger partial charge is 0.278 e. The lowest BCUT2D eigenvalue weighted by Crippen LogP contribution is -2.56. The van der Waals surface area contributed by atoms with Crippen molar-refractivity contribution >= 4 is 22.8 Å². The topological polar surface area (TPSA) is 66.0 Å². The third-order valence-electron chi connectivity index (χ3n) is 2.95. The molecule has 0 aromatic carbocycles. The van der Waals surface area contributed by atoms with Gasteiger partial charge < -0.3 is 0 Å². The molecule has 1 heterocycles. The van der Waals surface area contributed by atoms with Crippen molar-refractivity contribution in [1.82, 2.24) is 10.3 Å². The highest BCUT2D eigenvalue weighted by Crippen LogP contribution is 2.19. The van der Waals surface area contributed by atoms with Crippen LogP contribution in [0.1, 0.15) is 27.7 Å². The molecular formula is C11H23N5S. The van der Waals surface area contributed by atoms with E-state index in [0.717, 1.165) is 17.5 Å². The van der Waals surface area contributed by atoms with Crippen LogP contribution >= 0.6 is 11.8 Å². The van der Waals surface area contributed by atoms with Gasteiger partial charge in [0.05, 0.1) is 0 Å². The summed E-state index contributed by atoms with van der Waals surface area (Å²) in [4.78, 5) is 8.97. The van der Waals surface area contributed by atoms with E-state index in [-0.39, 0.29) is 6.29 Å². The molecule has 1 aliphatic rings. The minimum atomic E-state index is -0.198. The van der Waals surface area contributed by atoms with Crippen LogP contribution < -0.4 is 11.2 Å². The summed E-state index contributed by atoms with van der Waals surface area (Å²) in [5, 5.41) is 5.68. The molecule has 17 heavy (non-hydrogen) atoms. The molecule has 0 spiro atoms. The van der Waals surface area contributed by atoms with Crippen molar-refractivity contribution in [3.05, 3.63) is 0 Å². The Hall–Kier alpha value is -0.590. The Kier molecular flexibility index (Phi) is 5.42. The molecule has 2 unspecified atom stereocenters. The minimum Gasteiger partial charge on any atom is -0.278 e. The Labute approximate surface area is 108 Å².